The van der Waals surface area contributed by atoms with E-state index in [1.54, 1.807) is 0 Å². The van der Waals surface area contributed by atoms with Gasteiger partial charge in [-0.25, -0.2) is 0 Å². The van der Waals surface area contributed by atoms with Crippen LogP contribution in [-0.2, 0) is 22.5 Å². The first-order valence-corrected chi connectivity index (χ1v) is 18.8. The fourth-order valence-electron chi connectivity index (χ4n) is 6.83. The molecule has 4 atom stereocenters. The van der Waals surface area contributed by atoms with Crippen LogP contribution in [0, 0.1) is 11.8 Å². The van der Waals surface area contributed by atoms with Crippen molar-refractivity contribution in [2.45, 2.75) is 131 Å². The Labute approximate surface area is 304 Å². The summed E-state index contributed by atoms with van der Waals surface area (Å²) in [5, 5.41) is 4.43. The van der Waals surface area contributed by atoms with Crippen LogP contribution in [0.1, 0.15) is 141 Å². The first kappa shape index (κ1) is 39.5. The number of nitrogens with zero attached hydrogens (tertiary/aromatic N) is 2. The summed E-state index contributed by atoms with van der Waals surface area (Å²) in [7, 11) is 0. The zero-order chi connectivity index (χ0) is 36.6. The van der Waals surface area contributed by atoms with Crippen LogP contribution in [0.15, 0.2) is 109 Å². The molecule has 0 bridgehead atoms. The summed E-state index contributed by atoms with van der Waals surface area (Å²) < 4.78 is 0. The molecule has 0 amide bonds. The molecule has 4 nitrogen and oxygen atoms in total. The maximum absolute atomic E-state index is 6.79. The van der Waals surface area contributed by atoms with Crippen LogP contribution in [0.5, 0.6) is 0 Å². The molecule has 0 saturated heterocycles. The van der Waals surface area contributed by atoms with E-state index < -0.39 is 0 Å². The second kappa shape index (κ2) is 17.3. The highest BCUT2D eigenvalue weighted by molar-refractivity contribution is 5.28. The average Bonchev–Trinajstić information content (AvgIpc) is 3.07. The summed E-state index contributed by atoms with van der Waals surface area (Å²) in [5.74, 6) is 0.789. The molecule has 4 unspecified atom stereocenters. The van der Waals surface area contributed by atoms with E-state index in [2.05, 4.69) is 202 Å². The lowest BCUT2D eigenvalue weighted by molar-refractivity contribution is -0.272. The van der Waals surface area contributed by atoms with Gasteiger partial charge in [-0.2, -0.15) is 10.1 Å². The smallest absolute Gasteiger partial charge is 0.102 e. The third kappa shape index (κ3) is 10.6. The summed E-state index contributed by atoms with van der Waals surface area (Å²) in [4.78, 5) is 13.6. The molecule has 0 aliphatic heterocycles. The second-order valence-corrected chi connectivity index (χ2v) is 16.7. The molecule has 0 radical (unpaired) electrons. The molecule has 4 heteroatoms. The van der Waals surface area contributed by atoms with E-state index in [9.17, 15) is 0 Å². The van der Waals surface area contributed by atoms with Crippen molar-refractivity contribution in [1.82, 2.24) is 10.1 Å². The lowest BCUT2D eigenvalue weighted by atomic mass is 9.92. The van der Waals surface area contributed by atoms with Crippen LogP contribution < -0.4 is 0 Å². The van der Waals surface area contributed by atoms with Gasteiger partial charge in [0.15, 0.2) is 0 Å². The van der Waals surface area contributed by atoms with Crippen LogP contribution in [-0.4, -0.2) is 21.2 Å². The van der Waals surface area contributed by atoms with Gasteiger partial charge >= 0.3 is 0 Å². The summed E-state index contributed by atoms with van der Waals surface area (Å²) in [6, 6.07) is 39.8. The van der Waals surface area contributed by atoms with Crippen molar-refractivity contribution >= 4 is 0 Å². The van der Waals surface area contributed by atoms with E-state index >= 15 is 0 Å². The van der Waals surface area contributed by atoms with E-state index in [1.165, 1.54) is 33.4 Å². The molecule has 0 saturated carbocycles. The fraction of sp³-hybridized carbons (Fsp3) is 0.478. The van der Waals surface area contributed by atoms with Gasteiger partial charge in [0.2, 0.25) is 0 Å². The number of hydroxylamine groups is 4. The molecule has 0 fully saturated rings. The quantitative estimate of drug-likeness (QED) is 0.117. The first-order valence-electron chi connectivity index (χ1n) is 18.8. The van der Waals surface area contributed by atoms with Crippen molar-refractivity contribution in [3.8, 4) is 0 Å². The molecule has 4 aromatic rings. The molecule has 270 valence electrons. The zero-order valence-electron chi connectivity index (χ0n) is 33.0. The van der Waals surface area contributed by atoms with Gasteiger partial charge in [0.1, 0.15) is 12.2 Å². The maximum atomic E-state index is 6.79. The minimum absolute atomic E-state index is 0.0669. The predicted octanol–water partition coefficient (Wildman–Crippen LogP) is 12.5. The predicted molar refractivity (Wildman–Crippen MR) is 211 cm³/mol. The van der Waals surface area contributed by atoms with Crippen LogP contribution >= 0.6 is 0 Å². The fourth-order valence-corrected chi connectivity index (χ4v) is 6.83. The lowest BCUT2D eigenvalue weighted by Crippen LogP contribution is -2.46. The molecule has 0 spiro atoms. The van der Waals surface area contributed by atoms with Gasteiger partial charge in [-0.05, 0) is 113 Å². The minimum Gasteiger partial charge on any atom is -0.290 e. The third-order valence-corrected chi connectivity index (χ3v) is 9.52. The normalized spacial score (nSPS) is 15.1. The number of hydrogen-bond donors (Lipinski definition) is 0. The van der Waals surface area contributed by atoms with Gasteiger partial charge in [0.25, 0.3) is 0 Å². The van der Waals surface area contributed by atoms with Gasteiger partial charge in [-0.15, -0.1) is 0 Å². The molecule has 4 aromatic carbocycles. The standard InChI is InChI=1S/C46H64N2O2/c1-33(2)43(41-19-15-13-16-20-41)47(45(7,8)9)49-35(5)39-29-25-37(26-30-39)23-24-38-27-31-40(32-28-38)36(6)50-48(46(10,11)12)44(34(3)4)42-21-17-14-18-22-42/h13-22,25-36,43-44H,23-24H2,1-12H3. The highest BCUT2D eigenvalue weighted by Gasteiger charge is 2.36. The summed E-state index contributed by atoms with van der Waals surface area (Å²) in [5.41, 5.74) is 7.28. The van der Waals surface area contributed by atoms with Crippen molar-refractivity contribution in [3.05, 3.63) is 143 Å². The topological polar surface area (TPSA) is 24.9 Å². The van der Waals surface area contributed by atoms with E-state index in [4.69, 9.17) is 9.68 Å². The highest BCUT2D eigenvalue weighted by atomic mass is 16.7. The van der Waals surface area contributed by atoms with Gasteiger partial charge in [0, 0.05) is 11.1 Å². The van der Waals surface area contributed by atoms with Crippen LogP contribution in [0.4, 0.5) is 0 Å². The van der Waals surface area contributed by atoms with Crippen molar-refractivity contribution in [2.75, 3.05) is 0 Å². The molecule has 0 heterocycles. The largest absolute Gasteiger partial charge is 0.290 e. The van der Waals surface area contributed by atoms with E-state index in [0.29, 0.717) is 11.8 Å². The number of aryl methyl sites for hydroxylation is 2. The Morgan fingerprint density at radius 1 is 0.420 bits per heavy atom. The maximum Gasteiger partial charge on any atom is 0.102 e. The van der Waals surface area contributed by atoms with Crippen LogP contribution in [0.25, 0.3) is 0 Å². The Morgan fingerprint density at radius 3 is 0.980 bits per heavy atom. The first-order chi connectivity index (χ1) is 23.6. The van der Waals surface area contributed by atoms with E-state index in [0.717, 1.165) is 12.8 Å². The Hall–Kier alpha value is -3.28. The Bertz CT molecular complexity index is 1430. The zero-order valence-corrected chi connectivity index (χ0v) is 33.0. The van der Waals surface area contributed by atoms with Crippen LogP contribution in [0.2, 0.25) is 0 Å². The number of benzene rings is 4. The molecular formula is C46H64N2O2. The second-order valence-electron chi connectivity index (χ2n) is 16.7. The van der Waals surface area contributed by atoms with Gasteiger partial charge in [-0.1, -0.05) is 137 Å². The molecule has 0 N–H and O–H groups in total. The van der Waals surface area contributed by atoms with Crippen molar-refractivity contribution < 1.29 is 9.68 Å². The molecule has 0 aliphatic rings. The molecule has 0 aromatic heterocycles. The van der Waals surface area contributed by atoms with E-state index in [-0.39, 0.29) is 35.4 Å². The monoisotopic (exact) mass is 676 g/mol. The number of hydrogen-bond acceptors (Lipinski definition) is 4. The molecule has 4 rings (SSSR count). The Morgan fingerprint density at radius 2 is 0.720 bits per heavy atom. The van der Waals surface area contributed by atoms with Crippen molar-refractivity contribution in [3.63, 3.8) is 0 Å². The summed E-state index contributed by atoms with van der Waals surface area (Å²) >= 11 is 0. The molecule has 50 heavy (non-hydrogen) atoms. The lowest BCUT2D eigenvalue weighted by Gasteiger charge is -2.44. The molecular weight excluding hydrogens is 613 g/mol. The highest BCUT2D eigenvalue weighted by Crippen LogP contribution is 2.38. The molecule has 0 aliphatic carbocycles. The third-order valence-electron chi connectivity index (χ3n) is 9.52. The summed E-state index contributed by atoms with van der Waals surface area (Å²) in [6.07, 6.45) is 1.85. The van der Waals surface area contributed by atoms with Gasteiger partial charge in [0.05, 0.1) is 12.1 Å². The number of rotatable bonds is 15. The summed E-state index contributed by atoms with van der Waals surface area (Å²) in [6.45, 7) is 26.8. The van der Waals surface area contributed by atoms with Gasteiger partial charge in [-0.3, -0.25) is 9.68 Å². The van der Waals surface area contributed by atoms with Crippen LogP contribution in [0.3, 0.4) is 0 Å². The van der Waals surface area contributed by atoms with Crippen molar-refractivity contribution in [2.24, 2.45) is 11.8 Å². The SMILES string of the molecule is CC(ON(C(c1ccccc1)C(C)C)C(C)(C)C)c1ccc(CCc2ccc(C(C)ON(C(c3ccccc3)C(C)C)C(C)(C)C)cc2)cc1. The minimum atomic E-state index is -0.164. The Kier molecular flexibility index (Phi) is 13.7. The average molecular weight is 677 g/mol. The van der Waals surface area contributed by atoms with Gasteiger partial charge < -0.3 is 0 Å². The van der Waals surface area contributed by atoms with E-state index in [1.807, 2.05) is 0 Å². The Balaban J connectivity index is 1.38. The van der Waals surface area contributed by atoms with Crippen molar-refractivity contribution in [1.29, 1.82) is 0 Å².